The number of nitrogens with zero attached hydrogens (tertiary/aromatic N) is 1. The molecule has 2 atom stereocenters. The molecule has 2 amide bonds. The van der Waals surface area contributed by atoms with Gasteiger partial charge in [0.2, 0.25) is 0 Å². The zero-order valence-corrected chi connectivity index (χ0v) is 19.4. The van der Waals surface area contributed by atoms with Crippen LogP contribution in [0.3, 0.4) is 0 Å². The number of amides is 2. The molecule has 10 heteroatoms. The van der Waals surface area contributed by atoms with E-state index in [-0.39, 0.29) is 18.4 Å². The second-order valence-corrected chi connectivity index (χ2v) is 7.86. The van der Waals surface area contributed by atoms with E-state index in [1.165, 1.54) is 21.3 Å². The molecule has 10 nitrogen and oxygen atoms in total. The summed E-state index contributed by atoms with van der Waals surface area (Å²) in [6.07, 6.45) is 1.57. The van der Waals surface area contributed by atoms with E-state index < -0.39 is 18.0 Å². The molecule has 0 radical (unpaired) electrons. The van der Waals surface area contributed by atoms with Crippen molar-refractivity contribution in [3.05, 3.63) is 35.0 Å². The molecule has 33 heavy (non-hydrogen) atoms. The van der Waals surface area contributed by atoms with Crippen molar-refractivity contribution in [2.24, 2.45) is 5.92 Å². The van der Waals surface area contributed by atoms with Gasteiger partial charge in [-0.1, -0.05) is 6.07 Å². The van der Waals surface area contributed by atoms with Crippen molar-refractivity contribution in [2.45, 2.75) is 25.8 Å². The van der Waals surface area contributed by atoms with Gasteiger partial charge in [-0.15, -0.1) is 0 Å². The normalized spacial score (nSPS) is 21.0. The molecule has 1 aromatic carbocycles. The molecule has 0 saturated carbocycles. The number of nitrogens with one attached hydrogen (secondary N) is 2. The highest BCUT2D eigenvalue weighted by Gasteiger charge is 2.36. The number of carbonyl (C=O) groups excluding carboxylic acids is 3. The maximum atomic E-state index is 12.8. The van der Waals surface area contributed by atoms with Gasteiger partial charge in [-0.05, 0) is 44.0 Å². The van der Waals surface area contributed by atoms with Crippen molar-refractivity contribution in [3.63, 3.8) is 0 Å². The van der Waals surface area contributed by atoms with E-state index in [1.54, 1.807) is 25.1 Å². The predicted octanol–water partition coefficient (Wildman–Crippen LogP) is 1.76. The molecular formula is C23H31N3O7. The minimum atomic E-state index is -0.744. The molecular weight excluding hydrogens is 430 g/mol. The number of rotatable bonds is 8. The Labute approximate surface area is 193 Å². The Balaban J connectivity index is 1.93. The second-order valence-electron chi connectivity index (χ2n) is 7.86. The third-order valence-electron chi connectivity index (χ3n) is 5.81. The molecule has 2 heterocycles. The minimum absolute atomic E-state index is 0.220. The van der Waals surface area contributed by atoms with Gasteiger partial charge < -0.3 is 29.6 Å². The molecule has 2 aliphatic heterocycles. The van der Waals surface area contributed by atoms with E-state index in [0.29, 0.717) is 41.5 Å². The van der Waals surface area contributed by atoms with E-state index in [4.69, 9.17) is 18.9 Å². The molecule has 0 aromatic heterocycles. The first kappa shape index (κ1) is 24.4. The molecule has 0 aliphatic carbocycles. The highest BCUT2D eigenvalue weighted by atomic mass is 16.5. The van der Waals surface area contributed by atoms with Gasteiger partial charge in [-0.2, -0.15) is 0 Å². The first-order valence-electron chi connectivity index (χ1n) is 10.9. The van der Waals surface area contributed by atoms with Crippen molar-refractivity contribution in [2.75, 3.05) is 47.6 Å². The van der Waals surface area contributed by atoms with Crippen molar-refractivity contribution in [1.82, 2.24) is 15.5 Å². The number of esters is 2. The Hall–Kier alpha value is -3.27. The van der Waals surface area contributed by atoms with E-state index >= 15 is 0 Å². The number of piperidine rings is 1. The SMILES string of the molecule is CCOC(=O)[C@H]1CCCN(CC2=C(C(=O)OC)[C@H](c3ccc(OC)c(OC)c3)NC(=O)N2)C1. The van der Waals surface area contributed by atoms with Crippen LogP contribution >= 0.6 is 0 Å². The van der Waals surface area contributed by atoms with Crippen LogP contribution in [0.1, 0.15) is 31.4 Å². The summed E-state index contributed by atoms with van der Waals surface area (Å²) in [5.41, 5.74) is 1.38. The summed E-state index contributed by atoms with van der Waals surface area (Å²) < 4.78 is 20.9. The van der Waals surface area contributed by atoms with Gasteiger partial charge in [0, 0.05) is 18.8 Å². The number of ether oxygens (including phenoxy) is 4. The average Bonchev–Trinajstić information content (AvgIpc) is 2.83. The second kappa shape index (κ2) is 11.0. The first-order valence-corrected chi connectivity index (χ1v) is 10.9. The molecule has 180 valence electrons. The highest BCUT2D eigenvalue weighted by Crippen LogP contribution is 2.34. The topological polar surface area (TPSA) is 115 Å². The standard InChI is InChI=1S/C23H31N3O7/c1-5-33-21(27)15-7-6-10-26(12-15)13-16-19(22(28)32-4)20(25-23(29)24-16)14-8-9-17(30-2)18(11-14)31-3/h8-9,11,15,20H,5-7,10,12-13H2,1-4H3,(H2,24,25,29)/t15-,20-/m0/s1. The van der Waals surface area contributed by atoms with E-state index in [0.717, 1.165) is 19.4 Å². The molecule has 1 fully saturated rings. The van der Waals surface area contributed by atoms with E-state index in [9.17, 15) is 14.4 Å². The van der Waals surface area contributed by atoms with Gasteiger partial charge in [-0.25, -0.2) is 9.59 Å². The zero-order chi connectivity index (χ0) is 24.0. The summed E-state index contributed by atoms with van der Waals surface area (Å²) in [5.74, 6) is -0.0105. The van der Waals surface area contributed by atoms with E-state index in [1.807, 2.05) is 4.90 Å². The lowest BCUT2D eigenvalue weighted by atomic mass is 9.93. The van der Waals surface area contributed by atoms with Crippen LogP contribution in [-0.4, -0.2) is 70.4 Å². The number of urea groups is 1. The van der Waals surface area contributed by atoms with Crippen molar-refractivity contribution in [1.29, 1.82) is 0 Å². The molecule has 0 spiro atoms. The number of carbonyl (C=O) groups is 3. The summed E-state index contributed by atoms with van der Waals surface area (Å²) >= 11 is 0. The Bertz CT molecular complexity index is 931. The van der Waals surface area contributed by atoms with Gasteiger partial charge in [0.05, 0.1) is 45.5 Å². The lowest BCUT2D eigenvalue weighted by Gasteiger charge is -2.35. The Morgan fingerprint density at radius 1 is 1.15 bits per heavy atom. The maximum absolute atomic E-state index is 12.8. The fourth-order valence-electron chi connectivity index (χ4n) is 4.25. The lowest BCUT2D eigenvalue weighted by molar-refractivity contribution is -0.150. The third-order valence-corrected chi connectivity index (χ3v) is 5.81. The van der Waals surface area contributed by atoms with Crippen LogP contribution in [0.25, 0.3) is 0 Å². The largest absolute Gasteiger partial charge is 0.493 e. The molecule has 3 rings (SSSR count). The van der Waals surface area contributed by atoms with E-state index in [2.05, 4.69) is 10.6 Å². The van der Waals surface area contributed by atoms with Crippen LogP contribution in [0.4, 0.5) is 4.79 Å². The first-order chi connectivity index (χ1) is 15.9. The van der Waals surface area contributed by atoms with Gasteiger partial charge in [0.15, 0.2) is 11.5 Å². The molecule has 1 saturated heterocycles. The van der Waals surface area contributed by atoms with Crippen LogP contribution in [0, 0.1) is 5.92 Å². The maximum Gasteiger partial charge on any atom is 0.338 e. The van der Waals surface area contributed by atoms with Gasteiger partial charge in [0.25, 0.3) is 0 Å². The van der Waals surface area contributed by atoms with Crippen LogP contribution in [-0.2, 0) is 19.1 Å². The fraction of sp³-hybridized carbons (Fsp3) is 0.522. The fourth-order valence-corrected chi connectivity index (χ4v) is 4.25. The van der Waals surface area contributed by atoms with Gasteiger partial charge in [-0.3, -0.25) is 9.69 Å². The molecule has 0 unspecified atom stereocenters. The summed E-state index contributed by atoms with van der Waals surface area (Å²) in [4.78, 5) is 39.6. The van der Waals surface area contributed by atoms with Crippen LogP contribution in [0.15, 0.2) is 29.5 Å². The van der Waals surface area contributed by atoms with Gasteiger partial charge in [0.1, 0.15) is 0 Å². The Morgan fingerprint density at radius 3 is 2.58 bits per heavy atom. The monoisotopic (exact) mass is 461 g/mol. The van der Waals surface area contributed by atoms with Crippen LogP contribution in [0.2, 0.25) is 0 Å². The minimum Gasteiger partial charge on any atom is -0.493 e. The van der Waals surface area contributed by atoms with Crippen molar-refractivity contribution in [3.8, 4) is 11.5 Å². The molecule has 1 aromatic rings. The van der Waals surface area contributed by atoms with Crippen molar-refractivity contribution < 1.29 is 33.3 Å². The average molecular weight is 462 g/mol. The summed E-state index contributed by atoms with van der Waals surface area (Å²) in [6.45, 7) is 3.63. The van der Waals surface area contributed by atoms with Crippen LogP contribution < -0.4 is 20.1 Å². The number of methoxy groups -OCH3 is 3. The number of hydrogen-bond acceptors (Lipinski definition) is 8. The highest BCUT2D eigenvalue weighted by molar-refractivity contribution is 5.95. The smallest absolute Gasteiger partial charge is 0.338 e. The summed E-state index contributed by atoms with van der Waals surface area (Å²) in [5, 5.41) is 5.56. The number of likely N-dealkylation sites (tertiary alicyclic amines) is 1. The Kier molecular flexibility index (Phi) is 8.16. The summed E-state index contributed by atoms with van der Waals surface area (Å²) in [6, 6.07) is 4.01. The zero-order valence-electron chi connectivity index (χ0n) is 19.4. The number of benzene rings is 1. The number of hydrogen-bond donors (Lipinski definition) is 2. The van der Waals surface area contributed by atoms with Crippen molar-refractivity contribution >= 4 is 18.0 Å². The van der Waals surface area contributed by atoms with Crippen LogP contribution in [0.5, 0.6) is 11.5 Å². The lowest BCUT2D eigenvalue weighted by Crippen LogP contribution is -2.49. The quantitative estimate of drug-likeness (QED) is 0.563. The molecule has 2 N–H and O–H groups in total. The van der Waals surface area contributed by atoms with Gasteiger partial charge >= 0.3 is 18.0 Å². The molecule has 2 aliphatic rings. The third kappa shape index (κ3) is 5.57. The Morgan fingerprint density at radius 2 is 1.91 bits per heavy atom. The summed E-state index contributed by atoms with van der Waals surface area (Å²) in [7, 11) is 4.35. The molecule has 0 bridgehead atoms. The predicted molar refractivity (Wildman–Crippen MR) is 119 cm³/mol.